The average molecular weight is 418 g/mol. The van der Waals surface area contributed by atoms with Crippen LogP contribution in [0.3, 0.4) is 0 Å². The molecule has 3 heterocycles. The van der Waals surface area contributed by atoms with E-state index in [1.165, 1.54) is 17.4 Å². The zero-order valence-corrected chi connectivity index (χ0v) is 17.6. The molecule has 4 rings (SSSR count). The molecule has 0 unspecified atom stereocenters. The molecule has 3 aromatic rings. The number of carbonyl (C=O) groups is 1. The Labute approximate surface area is 181 Å². The van der Waals surface area contributed by atoms with Gasteiger partial charge in [0.15, 0.2) is 0 Å². The van der Waals surface area contributed by atoms with Crippen molar-refractivity contribution in [1.29, 1.82) is 0 Å². The van der Waals surface area contributed by atoms with Gasteiger partial charge in [0, 0.05) is 50.0 Å². The van der Waals surface area contributed by atoms with Crippen molar-refractivity contribution >= 4 is 28.9 Å². The molecule has 0 radical (unpaired) electrons. The maximum Gasteiger partial charge on any atom is 0.252 e. The molecular formula is C23H27N7O. The number of piperidine rings is 1. The number of aromatic nitrogens is 3. The normalized spacial score (nSPS) is 14.3. The van der Waals surface area contributed by atoms with Crippen molar-refractivity contribution in [3.63, 3.8) is 0 Å². The highest BCUT2D eigenvalue weighted by Crippen LogP contribution is 2.25. The van der Waals surface area contributed by atoms with E-state index in [-0.39, 0.29) is 0 Å². The Hall–Kier alpha value is -3.68. The zero-order chi connectivity index (χ0) is 21.6. The molecule has 1 aliphatic rings. The Balaban J connectivity index is 1.37. The molecule has 160 valence electrons. The fourth-order valence-corrected chi connectivity index (χ4v) is 3.77. The number of anilines is 4. The lowest BCUT2D eigenvalue weighted by atomic mass is 9.96. The molecule has 0 spiro atoms. The summed E-state index contributed by atoms with van der Waals surface area (Å²) in [5, 5.41) is 6.51. The first-order valence-electron chi connectivity index (χ1n) is 10.5. The van der Waals surface area contributed by atoms with Crippen LogP contribution >= 0.6 is 0 Å². The summed E-state index contributed by atoms with van der Waals surface area (Å²) in [6.45, 7) is 4.92. The molecule has 31 heavy (non-hydrogen) atoms. The van der Waals surface area contributed by atoms with E-state index in [2.05, 4.69) is 61.7 Å². The van der Waals surface area contributed by atoms with E-state index in [1.54, 1.807) is 24.7 Å². The lowest BCUT2D eigenvalue weighted by molar-refractivity contribution is 0.100. The van der Waals surface area contributed by atoms with Gasteiger partial charge in [0.1, 0.15) is 11.6 Å². The van der Waals surface area contributed by atoms with Gasteiger partial charge in [-0.15, -0.1) is 0 Å². The fourth-order valence-electron chi connectivity index (χ4n) is 3.77. The Kier molecular flexibility index (Phi) is 6.26. The van der Waals surface area contributed by atoms with Crippen LogP contribution < -0.4 is 21.3 Å². The van der Waals surface area contributed by atoms with E-state index in [9.17, 15) is 4.79 Å². The number of hydrogen-bond acceptors (Lipinski definition) is 7. The number of nitrogens with zero attached hydrogens (tertiary/aromatic N) is 4. The number of pyridine rings is 1. The molecule has 0 saturated carbocycles. The van der Waals surface area contributed by atoms with Crippen LogP contribution in [0.15, 0.2) is 55.1 Å². The Bertz CT molecular complexity index is 1020. The van der Waals surface area contributed by atoms with Crippen molar-refractivity contribution in [3.05, 3.63) is 66.2 Å². The lowest BCUT2D eigenvalue weighted by Gasteiger charge is -2.34. The molecule has 0 atom stereocenters. The standard InChI is InChI=1S/C23H27N7O/c1-16-2-4-18(5-3-16)30-10-6-17(7-11-30)13-27-20-12-21(28-14-19(20)23(24)31)29-22-15-25-8-9-26-22/h2-5,8-9,12,14-15,17H,6-7,10-11,13H2,1H3,(H2,24,31)(H2,26,27,28,29). The van der Waals surface area contributed by atoms with Crippen LogP contribution in [0.1, 0.15) is 28.8 Å². The molecule has 1 fully saturated rings. The van der Waals surface area contributed by atoms with Crippen LogP contribution in [-0.4, -0.2) is 40.5 Å². The molecular weight excluding hydrogens is 390 g/mol. The number of nitrogens with one attached hydrogen (secondary N) is 2. The molecule has 1 aromatic carbocycles. The van der Waals surface area contributed by atoms with Gasteiger partial charge in [-0.3, -0.25) is 9.78 Å². The third-order valence-corrected chi connectivity index (χ3v) is 5.58. The quantitative estimate of drug-likeness (QED) is 0.541. The number of benzene rings is 1. The average Bonchev–Trinajstić information content (AvgIpc) is 2.79. The summed E-state index contributed by atoms with van der Waals surface area (Å²) in [5.41, 5.74) is 9.16. The van der Waals surface area contributed by atoms with Gasteiger partial charge in [-0.2, -0.15) is 0 Å². The summed E-state index contributed by atoms with van der Waals surface area (Å²) in [4.78, 5) is 26.8. The van der Waals surface area contributed by atoms with Crippen molar-refractivity contribution in [2.24, 2.45) is 11.7 Å². The second-order valence-electron chi connectivity index (χ2n) is 7.84. The molecule has 4 N–H and O–H groups in total. The van der Waals surface area contributed by atoms with E-state index in [1.807, 2.05) is 0 Å². The predicted octanol–water partition coefficient (Wildman–Crippen LogP) is 3.35. The maximum absolute atomic E-state index is 11.9. The minimum atomic E-state index is -0.504. The van der Waals surface area contributed by atoms with Crippen molar-refractivity contribution < 1.29 is 4.79 Å². The molecule has 1 amide bonds. The van der Waals surface area contributed by atoms with Crippen LogP contribution in [-0.2, 0) is 0 Å². The summed E-state index contributed by atoms with van der Waals surface area (Å²) in [6, 6.07) is 10.5. The second-order valence-corrected chi connectivity index (χ2v) is 7.84. The summed E-state index contributed by atoms with van der Waals surface area (Å²) < 4.78 is 0. The molecule has 0 aliphatic carbocycles. The number of amides is 1. The van der Waals surface area contributed by atoms with Gasteiger partial charge in [-0.05, 0) is 37.8 Å². The van der Waals surface area contributed by atoms with Crippen molar-refractivity contribution in [2.45, 2.75) is 19.8 Å². The molecule has 0 bridgehead atoms. The van der Waals surface area contributed by atoms with Crippen molar-refractivity contribution in [2.75, 3.05) is 35.2 Å². The smallest absolute Gasteiger partial charge is 0.252 e. The highest BCUT2D eigenvalue weighted by atomic mass is 16.1. The Morgan fingerprint density at radius 2 is 1.87 bits per heavy atom. The highest BCUT2D eigenvalue weighted by Gasteiger charge is 2.20. The van der Waals surface area contributed by atoms with Crippen LogP contribution in [0.25, 0.3) is 0 Å². The summed E-state index contributed by atoms with van der Waals surface area (Å²) >= 11 is 0. The number of primary amides is 1. The van der Waals surface area contributed by atoms with Crippen LogP contribution in [0.4, 0.5) is 23.0 Å². The largest absolute Gasteiger partial charge is 0.384 e. The van der Waals surface area contributed by atoms with Crippen molar-refractivity contribution in [1.82, 2.24) is 15.0 Å². The van der Waals surface area contributed by atoms with Gasteiger partial charge in [0.2, 0.25) is 0 Å². The van der Waals surface area contributed by atoms with E-state index in [0.717, 1.165) is 32.5 Å². The van der Waals surface area contributed by atoms with Crippen molar-refractivity contribution in [3.8, 4) is 0 Å². The Morgan fingerprint density at radius 3 is 2.55 bits per heavy atom. The SMILES string of the molecule is Cc1ccc(N2CCC(CNc3cc(Nc4cnccn4)ncc3C(N)=O)CC2)cc1. The van der Waals surface area contributed by atoms with Gasteiger partial charge >= 0.3 is 0 Å². The first kappa shape index (κ1) is 20.6. The highest BCUT2D eigenvalue weighted by molar-refractivity contribution is 5.98. The van der Waals surface area contributed by atoms with Crippen LogP contribution in [0.2, 0.25) is 0 Å². The molecule has 1 aliphatic heterocycles. The topological polar surface area (TPSA) is 109 Å². The first-order chi connectivity index (χ1) is 15.1. The van der Waals surface area contributed by atoms with E-state index < -0.39 is 5.91 Å². The number of hydrogen-bond donors (Lipinski definition) is 3. The van der Waals surface area contributed by atoms with E-state index in [0.29, 0.717) is 28.8 Å². The minimum absolute atomic E-state index is 0.377. The number of aryl methyl sites for hydroxylation is 1. The van der Waals surface area contributed by atoms with Gasteiger partial charge in [0.25, 0.3) is 5.91 Å². The summed E-state index contributed by atoms with van der Waals surface area (Å²) in [7, 11) is 0. The number of rotatable bonds is 7. The predicted molar refractivity (Wildman–Crippen MR) is 123 cm³/mol. The maximum atomic E-state index is 11.9. The zero-order valence-electron chi connectivity index (χ0n) is 17.6. The third kappa shape index (κ3) is 5.28. The van der Waals surface area contributed by atoms with Crippen LogP contribution in [0, 0.1) is 12.8 Å². The molecule has 8 nitrogen and oxygen atoms in total. The summed E-state index contributed by atoms with van der Waals surface area (Å²) in [6.07, 6.45) is 8.47. The van der Waals surface area contributed by atoms with Crippen LogP contribution in [0.5, 0.6) is 0 Å². The first-order valence-corrected chi connectivity index (χ1v) is 10.5. The van der Waals surface area contributed by atoms with E-state index >= 15 is 0 Å². The van der Waals surface area contributed by atoms with Gasteiger partial charge in [0.05, 0.1) is 17.4 Å². The number of carbonyl (C=O) groups excluding carboxylic acids is 1. The monoisotopic (exact) mass is 417 g/mol. The molecule has 2 aromatic heterocycles. The fraction of sp³-hybridized carbons (Fsp3) is 0.304. The second kappa shape index (κ2) is 9.42. The van der Waals surface area contributed by atoms with Gasteiger partial charge in [-0.25, -0.2) is 9.97 Å². The molecule has 1 saturated heterocycles. The lowest BCUT2D eigenvalue weighted by Crippen LogP contribution is -2.36. The minimum Gasteiger partial charge on any atom is -0.384 e. The van der Waals surface area contributed by atoms with Gasteiger partial charge in [-0.1, -0.05) is 17.7 Å². The third-order valence-electron chi connectivity index (χ3n) is 5.58. The Morgan fingerprint density at radius 1 is 1.10 bits per heavy atom. The molecule has 8 heteroatoms. The van der Waals surface area contributed by atoms with E-state index in [4.69, 9.17) is 5.73 Å². The van der Waals surface area contributed by atoms with Gasteiger partial charge < -0.3 is 21.3 Å². The summed E-state index contributed by atoms with van der Waals surface area (Å²) in [5.74, 6) is 1.17. The number of nitrogens with two attached hydrogens (primary N) is 1.